The summed E-state index contributed by atoms with van der Waals surface area (Å²) in [5, 5.41) is 13.4. The van der Waals surface area contributed by atoms with E-state index in [0.717, 1.165) is 56.8 Å². The maximum absolute atomic E-state index is 12.8. The van der Waals surface area contributed by atoms with E-state index in [4.69, 9.17) is 5.10 Å². The van der Waals surface area contributed by atoms with Crippen LogP contribution in [0.4, 0.5) is 5.82 Å². The predicted octanol–water partition coefficient (Wildman–Crippen LogP) is 2.42. The topological polar surface area (TPSA) is 79.5 Å². The highest BCUT2D eigenvalue weighted by atomic mass is 16.2. The van der Waals surface area contributed by atoms with Crippen LogP contribution in [0, 0.1) is 5.92 Å². The molecule has 4 heterocycles. The highest BCUT2D eigenvalue weighted by Gasteiger charge is 2.28. The van der Waals surface area contributed by atoms with Gasteiger partial charge in [-0.1, -0.05) is 12.8 Å². The van der Waals surface area contributed by atoms with Crippen molar-refractivity contribution in [3.05, 3.63) is 36.7 Å². The second-order valence-electron chi connectivity index (χ2n) is 7.87. The van der Waals surface area contributed by atoms with E-state index in [-0.39, 0.29) is 5.92 Å². The summed E-state index contributed by atoms with van der Waals surface area (Å²) in [4.78, 5) is 21.2. The Balaban J connectivity index is 1.36. The molecule has 0 N–H and O–H groups in total. The van der Waals surface area contributed by atoms with Crippen molar-refractivity contribution >= 4 is 17.4 Å². The molecule has 0 bridgehead atoms. The van der Waals surface area contributed by atoms with Crippen LogP contribution in [-0.4, -0.2) is 61.8 Å². The lowest BCUT2D eigenvalue weighted by Gasteiger charge is -2.24. The first-order valence-electron chi connectivity index (χ1n) is 10.5. The quantitative estimate of drug-likeness (QED) is 0.682. The lowest BCUT2D eigenvalue weighted by Crippen LogP contribution is -2.38. The van der Waals surface area contributed by atoms with Crippen molar-refractivity contribution in [2.75, 3.05) is 31.1 Å². The summed E-state index contributed by atoms with van der Waals surface area (Å²) in [5.41, 5.74) is 1.65. The van der Waals surface area contributed by atoms with Gasteiger partial charge in [0, 0.05) is 50.1 Å². The van der Waals surface area contributed by atoms with Crippen LogP contribution in [-0.2, 0) is 4.79 Å². The van der Waals surface area contributed by atoms with Gasteiger partial charge in [0.15, 0.2) is 11.5 Å². The Hall–Kier alpha value is -3.03. The zero-order valence-electron chi connectivity index (χ0n) is 16.4. The Morgan fingerprint density at radius 1 is 0.897 bits per heavy atom. The number of rotatable bonds is 3. The number of carbonyl (C=O) groups is 1. The van der Waals surface area contributed by atoms with E-state index < -0.39 is 0 Å². The summed E-state index contributed by atoms with van der Waals surface area (Å²) in [6.45, 7) is 3.28. The van der Waals surface area contributed by atoms with Crippen LogP contribution in [0.25, 0.3) is 17.0 Å². The standard InChI is InChI=1S/C21H25N7O/c29-21(17-4-1-2-5-17)27-13-3-12-26(14-15-27)19-7-6-18-23-24-20(28(18)25-19)16-8-10-22-11-9-16/h6-11,17H,1-5,12-15H2. The summed E-state index contributed by atoms with van der Waals surface area (Å²) < 4.78 is 1.79. The van der Waals surface area contributed by atoms with Gasteiger partial charge >= 0.3 is 0 Å². The second kappa shape index (κ2) is 7.77. The number of carbonyl (C=O) groups excluding carboxylic acids is 1. The average Bonchev–Trinajstić information content (AvgIpc) is 3.38. The molecule has 1 saturated heterocycles. The summed E-state index contributed by atoms with van der Waals surface area (Å²) in [6.07, 6.45) is 8.94. The number of fused-ring (bicyclic) bond motifs is 1. The van der Waals surface area contributed by atoms with Crippen LogP contribution in [0.15, 0.2) is 36.7 Å². The minimum Gasteiger partial charge on any atom is -0.353 e. The zero-order chi connectivity index (χ0) is 19.6. The van der Waals surface area contributed by atoms with E-state index in [9.17, 15) is 4.79 Å². The van der Waals surface area contributed by atoms with E-state index in [0.29, 0.717) is 17.4 Å². The Kier molecular flexibility index (Phi) is 4.83. The predicted molar refractivity (Wildman–Crippen MR) is 109 cm³/mol. The SMILES string of the molecule is O=C(C1CCCC1)N1CCCN(c2ccc3nnc(-c4ccncc4)n3n2)CC1. The minimum atomic E-state index is 0.246. The summed E-state index contributed by atoms with van der Waals surface area (Å²) >= 11 is 0. The maximum atomic E-state index is 12.8. The molecular weight excluding hydrogens is 366 g/mol. The van der Waals surface area contributed by atoms with Gasteiger partial charge in [-0.3, -0.25) is 9.78 Å². The van der Waals surface area contributed by atoms with Crippen LogP contribution in [0.2, 0.25) is 0 Å². The van der Waals surface area contributed by atoms with Crippen LogP contribution in [0.1, 0.15) is 32.1 Å². The molecule has 150 valence electrons. The molecule has 0 spiro atoms. The minimum absolute atomic E-state index is 0.246. The van der Waals surface area contributed by atoms with Crippen molar-refractivity contribution in [2.24, 2.45) is 5.92 Å². The van der Waals surface area contributed by atoms with Crippen LogP contribution >= 0.6 is 0 Å². The van der Waals surface area contributed by atoms with E-state index >= 15 is 0 Å². The Morgan fingerprint density at radius 2 is 1.72 bits per heavy atom. The highest BCUT2D eigenvalue weighted by molar-refractivity contribution is 5.79. The van der Waals surface area contributed by atoms with Crippen molar-refractivity contribution in [3.63, 3.8) is 0 Å². The van der Waals surface area contributed by atoms with Gasteiger partial charge in [0.2, 0.25) is 5.91 Å². The molecule has 1 saturated carbocycles. The first kappa shape index (κ1) is 18.0. The fourth-order valence-electron chi connectivity index (χ4n) is 4.43. The molecular formula is C21H25N7O. The van der Waals surface area contributed by atoms with E-state index in [1.54, 1.807) is 16.9 Å². The molecule has 8 heteroatoms. The zero-order valence-corrected chi connectivity index (χ0v) is 16.4. The fourth-order valence-corrected chi connectivity index (χ4v) is 4.43. The number of nitrogens with zero attached hydrogens (tertiary/aromatic N) is 7. The van der Waals surface area contributed by atoms with E-state index in [2.05, 4.69) is 25.0 Å². The second-order valence-corrected chi connectivity index (χ2v) is 7.87. The number of pyridine rings is 1. The summed E-state index contributed by atoms with van der Waals surface area (Å²) in [6, 6.07) is 7.76. The number of amides is 1. The van der Waals surface area contributed by atoms with E-state index in [1.165, 1.54) is 12.8 Å². The molecule has 1 aliphatic heterocycles. The van der Waals surface area contributed by atoms with Gasteiger partial charge in [-0.2, -0.15) is 4.52 Å². The van der Waals surface area contributed by atoms with Crippen molar-refractivity contribution in [3.8, 4) is 11.4 Å². The molecule has 5 rings (SSSR count). The molecule has 3 aromatic rings. The summed E-state index contributed by atoms with van der Waals surface area (Å²) in [7, 11) is 0. The Labute approximate surface area is 169 Å². The Bertz CT molecular complexity index is 997. The number of aromatic nitrogens is 5. The number of hydrogen-bond acceptors (Lipinski definition) is 6. The molecule has 1 amide bonds. The van der Waals surface area contributed by atoms with Gasteiger partial charge in [-0.05, 0) is 43.5 Å². The fraction of sp³-hybridized carbons (Fsp3) is 0.476. The third-order valence-electron chi connectivity index (χ3n) is 6.02. The van der Waals surface area contributed by atoms with E-state index in [1.807, 2.05) is 24.3 Å². The first-order chi connectivity index (χ1) is 14.3. The lowest BCUT2D eigenvalue weighted by molar-refractivity contribution is -0.135. The smallest absolute Gasteiger partial charge is 0.225 e. The first-order valence-corrected chi connectivity index (χ1v) is 10.5. The lowest BCUT2D eigenvalue weighted by atomic mass is 10.1. The summed E-state index contributed by atoms with van der Waals surface area (Å²) in [5.74, 6) is 2.20. The maximum Gasteiger partial charge on any atom is 0.225 e. The third kappa shape index (κ3) is 3.54. The molecule has 8 nitrogen and oxygen atoms in total. The Morgan fingerprint density at radius 3 is 2.55 bits per heavy atom. The van der Waals surface area contributed by atoms with Crippen LogP contribution < -0.4 is 4.90 Å². The monoisotopic (exact) mass is 391 g/mol. The van der Waals surface area contributed by atoms with Crippen molar-refractivity contribution in [1.82, 2.24) is 29.7 Å². The molecule has 0 unspecified atom stereocenters. The van der Waals surface area contributed by atoms with Gasteiger partial charge in [-0.25, -0.2) is 0 Å². The largest absolute Gasteiger partial charge is 0.353 e. The van der Waals surface area contributed by atoms with Gasteiger partial charge in [0.05, 0.1) is 0 Å². The normalized spacial score (nSPS) is 18.3. The van der Waals surface area contributed by atoms with Gasteiger partial charge in [0.1, 0.15) is 5.82 Å². The molecule has 0 aromatic carbocycles. The number of hydrogen-bond donors (Lipinski definition) is 0. The molecule has 0 atom stereocenters. The third-order valence-corrected chi connectivity index (χ3v) is 6.02. The molecule has 0 radical (unpaired) electrons. The van der Waals surface area contributed by atoms with Gasteiger partial charge in [-0.15, -0.1) is 15.3 Å². The van der Waals surface area contributed by atoms with Crippen LogP contribution in [0.5, 0.6) is 0 Å². The number of anilines is 1. The molecule has 29 heavy (non-hydrogen) atoms. The van der Waals surface area contributed by atoms with Crippen molar-refractivity contribution in [1.29, 1.82) is 0 Å². The van der Waals surface area contributed by atoms with Gasteiger partial charge < -0.3 is 9.80 Å². The molecule has 1 aliphatic carbocycles. The average molecular weight is 391 g/mol. The van der Waals surface area contributed by atoms with Crippen LogP contribution in [0.3, 0.4) is 0 Å². The highest BCUT2D eigenvalue weighted by Crippen LogP contribution is 2.27. The molecule has 2 fully saturated rings. The van der Waals surface area contributed by atoms with Crippen molar-refractivity contribution < 1.29 is 4.79 Å². The van der Waals surface area contributed by atoms with Crippen molar-refractivity contribution in [2.45, 2.75) is 32.1 Å². The molecule has 2 aliphatic rings. The van der Waals surface area contributed by atoms with Gasteiger partial charge in [0.25, 0.3) is 0 Å². The molecule has 3 aromatic heterocycles.